The number of hydrogen-bond acceptors (Lipinski definition) is 6. The predicted molar refractivity (Wildman–Crippen MR) is 124 cm³/mol. The third kappa shape index (κ3) is 5.71. The summed E-state index contributed by atoms with van der Waals surface area (Å²) < 4.78 is 5.27. The summed E-state index contributed by atoms with van der Waals surface area (Å²) in [5.41, 5.74) is 7.77. The van der Waals surface area contributed by atoms with Gasteiger partial charge in [-0.15, -0.1) is 35.3 Å². The molecule has 10 heteroatoms. The van der Waals surface area contributed by atoms with Gasteiger partial charge in [0.1, 0.15) is 5.75 Å². The van der Waals surface area contributed by atoms with Crippen molar-refractivity contribution in [1.29, 1.82) is 0 Å². The molecule has 0 atom stereocenters. The number of thiazole rings is 1. The lowest BCUT2D eigenvalue weighted by Crippen LogP contribution is -2.51. The fraction of sp³-hybridized carbons (Fsp3) is 0.389. The normalized spacial score (nSPS) is 14.4. The molecule has 1 aliphatic heterocycles. The third-order valence-electron chi connectivity index (χ3n) is 4.29. The van der Waals surface area contributed by atoms with Crippen molar-refractivity contribution < 1.29 is 9.53 Å². The number of carbonyl (C=O) groups is 1. The molecule has 152 valence electrons. The molecular formula is C18H25IN6O2S. The number of guanidine groups is 1. The van der Waals surface area contributed by atoms with Gasteiger partial charge < -0.3 is 25.6 Å². The predicted octanol–water partition coefficient (Wildman–Crippen LogP) is 2.37. The first-order chi connectivity index (χ1) is 13.1. The van der Waals surface area contributed by atoms with Gasteiger partial charge in [-0.25, -0.2) is 9.98 Å². The molecule has 3 rings (SSSR count). The van der Waals surface area contributed by atoms with Gasteiger partial charge in [-0.2, -0.15) is 0 Å². The van der Waals surface area contributed by atoms with Crippen molar-refractivity contribution in [3.8, 4) is 5.75 Å². The standard InChI is InChI=1S/C18H24N6O2S.HI/c1-13(25)22-15-11-14(3-4-16(15)26-2)12-21-17(19)23-6-8-24(9-7-23)18-20-5-10-27-18;/h3-5,10-11H,6-9,12H2,1-2H3,(H2,19,21)(H,22,25);1H. The summed E-state index contributed by atoms with van der Waals surface area (Å²) in [4.78, 5) is 24.6. The van der Waals surface area contributed by atoms with E-state index < -0.39 is 0 Å². The number of nitrogens with zero attached hydrogens (tertiary/aromatic N) is 4. The van der Waals surface area contributed by atoms with Crippen molar-refractivity contribution in [2.45, 2.75) is 13.5 Å². The van der Waals surface area contributed by atoms with E-state index in [9.17, 15) is 4.79 Å². The minimum Gasteiger partial charge on any atom is -0.495 e. The topological polar surface area (TPSA) is 96.1 Å². The van der Waals surface area contributed by atoms with Crippen LogP contribution in [-0.2, 0) is 11.3 Å². The number of ether oxygens (including phenoxy) is 1. The highest BCUT2D eigenvalue weighted by atomic mass is 127. The van der Waals surface area contributed by atoms with Crippen LogP contribution in [0.1, 0.15) is 12.5 Å². The Morgan fingerprint density at radius 3 is 2.71 bits per heavy atom. The Hall–Kier alpha value is -2.08. The quantitative estimate of drug-likeness (QED) is 0.360. The second-order valence-corrected chi connectivity index (χ2v) is 7.05. The number of anilines is 2. The molecule has 0 radical (unpaired) electrons. The first-order valence-corrected chi connectivity index (χ1v) is 9.58. The summed E-state index contributed by atoms with van der Waals surface area (Å²) in [6.45, 7) is 5.28. The van der Waals surface area contributed by atoms with Gasteiger partial charge in [-0.1, -0.05) is 6.07 Å². The van der Waals surface area contributed by atoms with E-state index in [1.54, 1.807) is 18.4 Å². The van der Waals surface area contributed by atoms with Crippen molar-refractivity contribution in [1.82, 2.24) is 9.88 Å². The fourth-order valence-corrected chi connectivity index (χ4v) is 3.61. The van der Waals surface area contributed by atoms with Gasteiger partial charge in [0.15, 0.2) is 11.1 Å². The van der Waals surface area contributed by atoms with E-state index >= 15 is 0 Å². The van der Waals surface area contributed by atoms with E-state index in [0.717, 1.165) is 36.9 Å². The summed E-state index contributed by atoms with van der Waals surface area (Å²) in [7, 11) is 1.57. The monoisotopic (exact) mass is 516 g/mol. The van der Waals surface area contributed by atoms with Crippen LogP contribution >= 0.6 is 35.3 Å². The number of methoxy groups -OCH3 is 1. The zero-order valence-corrected chi connectivity index (χ0v) is 19.1. The van der Waals surface area contributed by atoms with E-state index in [4.69, 9.17) is 10.5 Å². The molecule has 2 aromatic rings. The van der Waals surface area contributed by atoms with Crippen molar-refractivity contribution in [2.24, 2.45) is 10.7 Å². The Balaban J connectivity index is 0.00000280. The SMILES string of the molecule is COc1ccc(CN=C(N)N2CCN(c3nccs3)CC2)cc1NC(C)=O.I. The number of nitrogens with two attached hydrogens (primary N) is 1. The number of aromatic nitrogens is 1. The second-order valence-electron chi connectivity index (χ2n) is 6.18. The molecule has 1 saturated heterocycles. The number of hydrogen-bond donors (Lipinski definition) is 2. The molecule has 1 aromatic carbocycles. The number of halogens is 1. The molecule has 2 heterocycles. The second kappa shape index (κ2) is 10.5. The lowest BCUT2D eigenvalue weighted by atomic mass is 10.2. The zero-order valence-electron chi connectivity index (χ0n) is 15.9. The highest BCUT2D eigenvalue weighted by Gasteiger charge is 2.19. The number of aliphatic imine (C=N–C) groups is 1. The lowest BCUT2D eigenvalue weighted by Gasteiger charge is -2.35. The molecule has 0 saturated carbocycles. The molecule has 1 amide bonds. The van der Waals surface area contributed by atoms with Gasteiger partial charge >= 0.3 is 0 Å². The largest absolute Gasteiger partial charge is 0.495 e. The van der Waals surface area contributed by atoms with Crippen LogP contribution in [0.3, 0.4) is 0 Å². The van der Waals surface area contributed by atoms with E-state index in [2.05, 4.69) is 25.1 Å². The van der Waals surface area contributed by atoms with Crippen LogP contribution in [0.5, 0.6) is 5.75 Å². The van der Waals surface area contributed by atoms with Gasteiger partial charge in [0, 0.05) is 44.7 Å². The maximum atomic E-state index is 11.3. The van der Waals surface area contributed by atoms with Crippen LogP contribution in [0.15, 0.2) is 34.8 Å². The molecular weight excluding hydrogens is 491 g/mol. The third-order valence-corrected chi connectivity index (χ3v) is 5.12. The van der Waals surface area contributed by atoms with Crippen molar-refractivity contribution in [2.75, 3.05) is 43.5 Å². The summed E-state index contributed by atoms with van der Waals surface area (Å²) in [5.74, 6) is 1.00. The first kappa shape index (κ1) is 22.2. The van der Waals surface area contributed by atoms with E-state index in [1.807, 2.05) is 29.8 Å². The number of amides is 1. The Morgan fingerprint density at radius 1 is 1.36 bits per heavy atom. The van der Waals surface area contributed by atoms with Crippen molar-refractivity contribution in [3.05, 3.63) is 35.3 Å². The number of benzene rings is 1. The average Bonchev–Trinajstić information content (AvgIpc) is 3.21. The van der Waals surface area contributed by atoms with Crippen LogP contribution in [0.2, 0.25) is 0 Å². The Morgan fingerprint density at radius 2 is 2.11 bits per heavy atom. The van der Waals surface area contributed by atoms with Crippen LogP contribution in [0, 0.1) is 0 Å². The fourth-order valence-electron chi connectivity index (χ4n) is 2.91. The first-order valence-electron chi connectivity index (χ1n) is 8.70. The van der Waals surface area contributed by atoms with Crippen LogP contribution in [0.25, 0.3) is 0 Å². The van der Waals surface area contributed by atoms with E-state index in [1.165, 1.54) is 6.92 Å². The Bertz CT molecular complexity index is 806. The maximum Gasteiger partial charge on any atom is 0.221 e. The van der Waals surface area contributed by atoms with Gasteiger partial charge in [-0.05, 0) is 17.7 Å². The molecule has 1 aliphatic rings. The smallest absolute Gasteiger partial charge is 0.221 e. The summed E-state index contributed by atoms with van der Waals surface area (Å²) in [5, 5.41) is 5.81. The number of piperazine rings is 1. The summed E-state index contributed by atoms with van der Waals surface area (Å²) in [6, 6.07) is 5.60. The van der Waals surface area contributed by atoms with E-state index in [0.29, 0.717) is 23.9 Å². The molecule has 3 N–H and O–H groups in total. The molecule has 0 unspecified atom stereocenters. The Labute approximate surface area is 185 Å². The number of nitrogens with one attached hydrogen (secondary N) is 1. The van der Waals surface area contributed by atoms with Crippen LogP contribution in [-0.4, -0.2) is 55.0 Å². The molecule has 8 nitrogen and oxygen atoms in total. The van der Waals surface area contributed by atoms with Gasteiger partial charge in [-0.3, -0.25) is 4.79 Å². The molecule has 0 aliphatic carbocycles. The van der Waals surface area contributed by atoms with Crippen molar-refractivity contribution >= 4 is 58.0 Å². The zero-order chi connectivity index (χ0) is 19.2. The minimum absolute atomic E-state index is 0. The highest BCUT2D eigenvalue weighted by molar-refractivity contribution is 14.0. The van der Waals surface area contributed by atoms with Crippen LogP contribution < -0.4 is 20.7 Å². The molecule has 28 heavy (non-hydrogen) atoms. The summed E-state index contributed by atoms with van der Waals surface area (Å²) in [6.07, 6.45) is 1.83. The average molecular weight is 516 g/mol. The highest BCUT2D eigenvalue weighted by Crippen LogP contribution is 2.26. The molecule has 1 aromatic heterocycles. The van der Waals surface area contributed by atoms with E-state index in [-0.39, 0.29) is 29.9 Å². The summed E-state index contributed by atoms with van der Waals surface area (Å²) >= 11 is 1.65. The number of rotatable bonds is 5. The van der Waals surface area contributed by atoms with Gasteiger partial charge in [0.05, 0.1) is 19.3 Å². The van der Waals surface area contributed by atoms with Gasteiger partial charge in [0.2, 0.25) is 5.91 Å². The van der Waals surface area contributed by atoms with Gasteiger partial charge in [0.25, 0.3) is 0 Å². The molecule has 1 fully saturated rings. The van der Waals surface area contributed by atoms with Crippen LogP contribution in [0.4, 0.5) is 10.8 Å². The Kier molecular flexibility index (Phi) is 8.30. The van der Waals surface area contributed by atoms with Crippen molar-refractivity contribution in [3.63, 3.8) is 0 Å². The minimum atomic E-state index is -0.147. The molecule has 0 bridgehead atoms. The maximum absolute atomic E-state index is 11.3. The molecule has 0 spiro atoms. The number of carbonyl (C=O) groups excluding carboxylic acids is 1. The lowest BCUT2D eigenvalue weighted by molar-refractivity contribution is -0.114.